The summed E-state index contributed by atoms with van der Waals surface area (Å²) in [4.78, 5) is 10.4. The van der Waals surface area contributed by atoms with Gasteiger partial charge in [0.05, 0.1) is 4.92 Å². The summed E-state index contributed by atoms with van der Waals surface area (Å²) in [5, 5.41) is 22.0. The number of aromatic nitrogens is 3. The fraction of sp³-hybridized carbons (Fsp3) is 0.200. The summed E-state index contributed by atoms with van der Waals surface area (Å²) >= 11 is 0. The smallest absolute Gasteiger partial charge is 0.292 e. The topological polar surface area (TPSA) is 85.4 Å². The van der Waals surface area contributed by atoms with E-state index < -0.39 is 10.7 Å². The van der Waals surface area contributed by atoms with Gasteiger partial charge in [-0.3, -0.25) is 14.5 Å². The number of hydrogen-bond acceptors (Lipinski definition) is 5. The van der Waals surface area contributed by atoms with E-state index in [1.54, 1.807) is 0 Å². The van der Waals surface area contributed by atoms with E-state index in [0.29, 0.717) is 19.4 Å². The fourth-order valence-corrected chi connectivity index (χ4v) is 2.34. The first-order valence-corrected chi connectivity index (χ1v) is 7.11. The molecular formula is C15H14FN5O2. The number of pyridine rings is 1. The summed E-state index contributed by atoms with van der Waals surface area (Å²) < 4.78 is 15.1. The largest absolute Gasteiger partial charge is 0.379 e. The van der Waals surface area contributed by atoms with Crippen LogP contribution in [-0.4, -0.2) is 26.1 Å². The fourth-order valence-electron chi connectivity index (χ4n) is 2.34. The van der Waals surface area contributed by atoms with Gasteiger partial charge in [0.1, 0.15) is 17.3 Å². The van der Waals surface area contributed by atoms with Crippen molar-refractivity contribution in [2.24, 2.45) is 0 Å². The zero-order chi connectivity index (χ0) is 16.2. The number of fused-ring (bicyclic) bond motifs is 1. The molecule has 2 aromatic heterocycles. The van der Waals surface area contributed by atoms with Gasteiger partial charge >= 0.3 is 0 Å². The Labute approximate surface area is 130 Å². The minimum atomic E-state index is -0.534. The monoisotopic (exact) mass is 315 g/mol. The maximum absolute atomic E-state index is 13.2. The third kappa shape index (κ3) is 3.25. The first-order valence-electron chi connectivity index (χ1n) is 7.11. The van der Waals surface area contributed by atoms with Crippen LogP contribution >= 0.6 is 0 Å². The predicted molar refractivity (Wildman–Crippen MR) is 82.9 cm³/mol. The molecule has 1 aromatic carbocycles. The summed E-state index contributed by atoms with van der Waals surface area (Å²) in [5.41, 5.74) is 0.816. The second kappa shape index (κ2) is 6.39. The molecule has 0 aliphatic heterocycles. The molecule has 0 aliphatic rings. The van der Waals surface area contributed by atoms with Gasteiger partial charge in [0.25, 0.3) is 5.69 Å². The van der Waals surface area contributed by atoms with E-state index in [0.717, 1.165) is 29.7 Å². The van der Waals surface area contributed by atoms with Crippen LogP contribution < -0.4 is 5.32 Å². The van der Waals surface area contributed by atoms with E-state index in [2.05, 4.69) is 15.5 Å². The van der Waals surface area contributed by atoms with E-state index in [9.17, 15) is 14.5 Å². The van der Waals surface area contributed by atoms with Crippen molar-refractivity contribution in [2.45, 2.75) is 12.8 Å². The minimum absolute atomic E-state index is 0.140. The Bertz CT molecular complexity index is 849. The Balaban J connectivity index is 1.62. The van der Waals surface area contributed by atoms with Crippen molar-refractivity contribution in [1.82, 2.24) is 14.6 Å². The molecule has 0 fully saturated rings. The number of halogens is 1. The van der Waals surface area contributed by atoms with Crippen LogP contribution in [-0.2, 0) is 6.42 Å². The lowest BCUT2D eigenvalue weighted by molar-refractivity contribution is -0.384. The van der Waals surface area contributed by atoms with Crippen LogP contribution in [0.5, 0.6) is 0 Å². The van der Waals surface area contributed by atoms with E-state index in [4.69, 9.17) is 0 Å². The summed E-state index contributed by atoms with van der Waals surface area (Å²) in [6.07, 6.45) is 3.22. The highest BCUT2D eigenvalue weighted by Crippen LogP contribution is 2.24. The van der Waals surface area contributed by atoms with Crippen molar-refractivity contribution >= 4 is 17.0 Å². The van der Waals surface area contributed by atoms with Gasteiger partial charge in [0, 0.05) is 31.3 Å². The van der Waals surface area contributed by atoms with Crippen molar-refractivity contribution in [1.29, 1.82) is 0 Å². The average molecular weight is 315 g/mol. The van der Waals surface area contributed by atoms with Gasteiger partial charge in [-0.15, -0.1) is 10.2 Å². The molecule has 0 radical (unpaired) electrons. The van der Waals surface area contributed by atoms with Gasteiger partial charge < -0.3 is 5.32 Å². The molecule has 3 rings (SSSR count). The molecule has 118 valence electrons. The number of benzene rings is 1. The van der Waals surface area contributed by atoms with Crippen molar-refractivity contribution in [2.75, 3.05) is 11.9 Å². The Morgan fingerprint density at radius 2 is 2.13 bits per heavy atom. The molecule has 0 saturated heterocycles. The first kappa shape index (κ1) is 14.9. The molecule has 0 atom stereocenters. The van der Waals surface area contributed by atoms with E-state index in [1.165, 1.54) is 0 Å². The van der Waals surface area contributed by atoms with Gasteiger partial charge in [0.2, 0.25) is 0 Å². The molecule has 23 heavy (non-hydrogen) atoms. The molecule has 7 nitrogen and oxygen atoms in total. The van der Waals surface area contributed by atoms with Crippen LogP contribution in [0.3, 0.4) is 0 Å². The Hall–Kier alpha value is -3.03. The molecule has 1 N–H and O–H groups in total. The molecule has 0 amide bonds. The lowest BCUT2D eigenvalue weighted by atomic mass is 10.2. The number of nitrogens with one attached hydrogen (secondary N) is 1. The van der Waals surface area contributed by atoms with Crippen molar-refractivity contribution < 1.29 is 9.31 Å². The Morgan fingerprint density at radius 1 is 1.26 bits per heavy atom. The van der Waals surface area contributed by atoms with Crippen LogP contribution in [0.15, 0.2) is 42.6 Å². The van der Waals surface area contributed by atoms with Gasteiger partial charge in [-0.25, -0.2) is 4.39 Å². The number of anilines is 1. The number of hydrogen-bond donors (Lipinski definition) is 1. The first-order chi connectivity index (χ1) is 11.1. The normalized spacial score (nSPS) is 10.8. The van der Waals surface area contributed by atoms with Gasteiger partial charge in [-0.2, -0.15) is 0 Å². The summed E-state index contributed by atoms with van der Waals surface area (Å²) in [5.74, 6) is 0.303. The lowest BCUT2D eigenvalue weighted by Gasteiger charge is -2.07. The van der Waals surface area contributed by atoms with Crippen LogP contribution in [0, 0.1) is 15.9 Å². The van der Waals surface area contributed by atoms with Crippen molar-refractivity contribution in [3.63, 3.8) is 0 Å². The summed E-state index contributed by atoms with van der Waals surface area (Å²) in [7, 11) is 0. The van der Waals surface area contributed by atoms with Crippen LogP contribution in [0.4, 0.5) is 15.8 Å². The molecular weight excluding hydrogens is 301 g/mol. The van der Waals surface area contributed by atoms with Crippen LogP contribution in [0.1, 0.15) is 12.2 Å². The molecule has 0 unspecified atom stereocenters. The van der Waals surface area contributed by atoms with Crippen molar-refractivity contribution in [3.8, 4) is 0 Å². The van der Waals surface area contributed by atoms with Crippen LogP contribution in [0.25, 0.3) is 5.65 Å². The second-order valence-corrected chi connectivity index (χ2v) is 4.99. The molecule has 2 heterocycles. The van der Waals surface area contributed by atoms with Gasteiger partial charge in [0.15, 0.2) is 5.65 Å². The lowest BCUT2D eigenvalue weighted by Crippen LogP contribution is -2.07. The Morgan fingerprint density at radius 3 is 2.96 bits per heavy atom. The maximum atomic E-state index is 13.2. The molecule has 0 saturated carbocycles. The molecule has 8 heteroatoms. The number of nitrogens with zero attached hydrogens (tertiary/aromatic N) is 4. The maximum Gasteiger partial charge on any atom is 0.292 e. The number of nitro benzene ring substituents is 1. The third-order valence-corrected chi connectivity index (χ3v) is 3.43. The molecule has 0 spiro atoms. The highest BCUT2D eigenvalue weighted by Gasteiger charge is 2.14. The highest BCUT2D eigenvalue weighted by atomic mass is 19.1. The van der Waals surface area contributed by atoms with Gasteiger partial charge in [-0.05, 0) is 24.6 Å². The quantitative estimate of drug-likeness (QED) is 0.429. The molecule has 3 aromatic rings. The summed E-state index contributed by atoms with van der Waals surface area (Å²) in [6, 6.07) is 9.01. The van der Waals surface area contributed by atoms with Gasteiger partial charge in [-0.1, -0.05) is 6.07 Å². The standard InChI is InChI=1S/C15H14FN5O2/c16-11-6-7-13(21(22)23)12(10-11)17-8-3-5-15-19-18-14-4-1-2-9-20(14)15/h1-2,4,6-7,9-10,17H,3,5,8H2. The summed E-state index contributed by atoms with van der Waals surface area (Å²) in [6.45, 7) is 0.464. The van der Waals surface area contributed by atoms with E-state index in [1.807, 2.05) is 28.8 Å². The zero-order valence-corrected chi connectivity index (χ0v) is 12.1. The average Bonchev–Trinajstić information content (AvgIpc) is 2.94. The highest BCUT2D eigenvalue weighted by molar-refractivity contribution is 5.61. The van der Waals surface area contributed by atoms with E-state index >= 15 is 0 Å². The van der Waals surface area contributed by atoms with E-state index in [-0.39, 0.29) is 11.4 Å². The minimum Gasteiger partial charge on any atom is -0.379 e. The second-order valence-electron chi connectivity index (χ2n) is 4.99. The number of aryl methyl sites for hydroxylation is 1. The number of nitro groups is 1. The Kier molecular flexibility index (Phi) is 4.13. The van der Waals surface area contributed by atoms with Crippen molar-refractivity contribution in [3.05, 3.63) is 64.4 Å². The predicted octanol–water partition coefficient (Wildman–Crippen LogP) is 2.82. The number of rotatable bonds is 6. The molecule has 0 aliphatic carbocycles. The SMILES string of the molecule is O=[N+]([O-])c1ccc(F)cc1NCCCc1nnc2ccccn12. The molecule has 0 bridgehead atoms. The third-order valence-electron chi connectivity index (χ3n) is 3.43. The zero-order valence-electron chi connectivity index (χ0n) is 12.1. The van der Waals surface area contributed by atoms with Crippen LogP contribution in [0.2, 0.25) is 0 Å².